The Bertz CT molecular complexity index is 742. The number of rotatable bonds is 5. The molecule has 1 aliphatic rings. The summed E-state index contributed by atoms with van der Waals surface area (Å²) in [5.41, 5.74) is 0.244. The van der Waals surface area contributed by atoms with Gasteiger partial charge >= 0.3 is 0 Å². The zero-order chi connectivity index (χ0) is 16.8. The van der Waals surface area contributed by atoms with Gasteiger partial charge in [-0.1, -0.05) is 0 Å². The van der Waals surface area contributed by atoms with E-state index in [1.54, 1.807) is 12.3 Å². The molecular formula is C17H17FN4O2. The molecule has 3 rings (SSSR count). The molecule has 0 spiro atoms. The molecule has 0 unspecified atom stereocenters. The second-order valence-corrected chi connectivity index (χ2v) is 5.42. The van der Waals surface area contributed by atoms with Crippen LogP contribution in [0.1, 0.15) is 24.2 Å². The molecule has 7 heteroatoms. The Morgan fingerprint density at radius 2 is 2.12 bits per heavy atom. The molecule has 6 nitrogen and oxygen atoms in total. The van der Waals surface area contributed by atoms with Gasteiger partial charge in [-0.05, 0) is 44.1 Å². The van der Waals surface area contributed by atoms with Gasteiger partial charge < -0.3 is 14.8 Å². The maximum atomic E-state index is 13.8. The first-order valence-corrected chi connectivity index (χ1v) is 7.76. The topological polar surface area (TPSA) is 80.1 Å². The second kappa shape index (κ2) is 7.70. The lowest BCUT2D eigenvalue weighted by Gasteiger charge is -2.23. The van der Waals surface area contributed by atoms with Crippen molar-refractivity contribution < 1.29 is 13.9 Å². The van der Waals surface area contributed by atoms with E-state index in [0.29, 0.717) is 11.7 Å². The standard InChI is InChI=1S/C17H17FN4O2/c18-14-9-12(10-19)1-2-15(14)23-11-16-21-8-5-17(22-16)24-13-3-6-20-7-4-13/h1-2,5,8-9,13,20H,3-4,6-7,11H2. The second-order valence-electron chi connectivity index (χ2n) is 5.42. The highest BCUT2D eigenvalue weighted by atomic mass is 19.1. The number of aromatic nitrogens is 2. The monoisotopic (exact) mass is 328 g/mol. The largest absolute Gasteiger partial charge is 0.483 e. The van der Waals surface area contributed by atoms with Gasteiger partial charge in [-0.15, -0.1) is 0 Å². The number of ether oxygens (including phenoxy) is 2. The summed E-state index contributed by atoms with van der Waals surface area (Å²) >= 11 is 0. The van der Waals surface area contributed by atoms with Crippen molar-refractivity contribution in [2.24, 2.45) is 0 Å². The Morgan fingerprint density at radius 3 is 2.88 bits per heavy atom. The van der Waals surface area contributed by atoms with Crippen molar-refractivity contribution in [3.05, 3.63) is 47.7 Å². The van der Waals surface area contributed by atoms with Crippen molar-refractivity contribution in [3.8, 4) is 17.7 Å². The van der Waals surface area contributed by atoms with Crippen molar-refractivity contribution >= 4 is 0 Å². The molecule has 0 radical (unpaired) electrons. The lowest BCUT2D eigenvalue weighted by molar-refractivity contribution is 0.154. The third-order valence-corrected chi connectivity index (χ3v) is 3.67. The van der Waals surface area contributed by atoms with E-state index in [9.17, 15) is 4.39 Å². The summed E-state index contributed by atoms with van der Waals surface area (Å²) < 4.78 is 25.0. The van der Waals surface area contributed by atoms with Gasteiger partial charge in [0.05, 0.1) is 11.6 Å². The van der Waals surface area contributed by atoms with Crippen molar-refractivity contribution in [2.45, 2.75) is 25.6 Å². The quantitative estimate of drug-likeness (QED) is 0.906. The zero-order valence-corrected chi connectivity index (χ0v) is 13.0. The SMILES string of the molecule is N#Cc1ccc(OCc2nccc(OC3CCNCC3)n2)c(F)c1. The maximum Gasteiger partial charge on any atom is 0.216 e. The minimum Gasteiger partial charge on any atom is -0.483 e. The first-order chi connectivity index (χ1) is 11.7. The lowest BCUT2D eigenvalue weighted by atomic mass is 10.1. The van der Waals surface area contributed by atoms with Crippen molar-refractivity contribution in [1.29, 1.82) is 5.26 Å². The Labute approximate surface area is 139 Å². The van der Waals surface area contributed by atoms with E-state index in [0.717, 1.165) is 32.0 Å². The fourth-order valence-electron chi connectivity index (χ4n) is 2.43. The molecule has 1 aliphatic heterocycles. The Morgan fingerprint density at radius 1 is 1.29 bits per heavy atom. The van der Waals surface area contributed by atoms with Crippen LogP contribution in [0.3, 0.4) is 0 Å². The van der Waals surface area contributed by atoms with Crippen LogP contribution in [0.4, 0.5) is 4.39 Å². The third kappa shape index (κ3) is 4.18. The molecule has 2 heterocycles. The van der Waals surface area contributed by atoms with Crippen LogP contribution in [0.15, 0.2) is 30.5 Å². The number of hydrogen-bond acceptors (Lipinski definition) is 6. The first-order valence-electron chi connectivity index (χ1n) is 7.76. The number of hydrogen-bond donors (Lipinski definition) is 1. The molecule has 1 N–H and O–H groups in total. The van der Waals surface area contributed by atoms with Gasteiger partial charge in [0.25, 0.3) is 0 Å². The molecule has 1 aromatic heterocycles. The Balaban J connectivity index is 1.61. The molecule has 0 bridgehead atoms. The number of piperidine rings is 1. The Kier molecular flexibility index (Phi) is 5.18. The summed E-state index contributed by atoms with van der Waals surface area (Å²) in [5.74, 6) is 0.374. The fraction of sp³-hybridized carbons (Fsp3) is 0.353. The van der Waals surface area contributed by atoms with E-state index in [4.69, 9.17) is 14.7 Å². The van der Waals surface area contributed by atoms with Gasteiger partial charge in [0.15, 0.2) is 17.4 Å². The van der Waals surface area contributed by atoms with Crippen LogP contribution >= 0.6 is 0 Å². The average Bonchev–Trinajstić information content (AvgIpc) is 2.62. The van der Waals surface area contributed by atoms with Gasteiger partial charge in [-0.25, -0.2) is 9.37 Å². The molecule has 124 valence electrons. The molecule has 1 aromatic carbocycles. The number of halogens is 1. The van der Waals surface area contributed by atoms with Crippen molar-refractivity contribution in [3.63, 3.8) is 0 Å². The number of nitriles is 1. The van der Waals surface area contributed by atoms with Gasteiger partial charge in [0, 0.05) is 12.3 Å². The predicted molar refractivity (Wildman–Crippen MR) is 84.0 cm³/mol. The molecule has 1 fully saturated rings. The summed E-state index contributed by atoms with van der Waals surface area (Å²) in [4.78, 5) is 8.40. The molecule has 0 atom stereocenters. The Hall–Kier alpha value is -2.72. The van der Waals surface area contributed by atoms with Crippen molar-refractivity contribution in [2.75, 3.05) is 13.1 Å². The molecule has 24 heavy (non-hydrogen) atoms. The number of nitrogens with zero attached hydrogens (tertiary/aromatic N) is 3. The highest BCUT2D eigenvalue weighted by molar-refractivity contribution is 5.36. The van der Waals surface area contributed by atoms with Gasteiger partial charge in [0.2, 0.25) is 5.88 Å². The molecule has 1 saturated heterocycles. The molecule has 0 aliphatic carbocycles. The van der Waals surface area contributed by atoms with Crippen LogP contribution in [-0.4, -0.2) is 29.2 Å². The smallest absolute Gasteiger partial charge is 0.216 e. The minimum absolute atomic E-state index is 0.0201. The average molecular weight is 328 g/mol. The van der Waals surface area contributed by atoms with Crippen LogP contribution < -0.4 is 14.8 Å². The fourth-order valence-corrected chi connectivity index (χ4v) is 2.43. The highest BCUT2D eigenvalue weighted by Gasteiger charge is 2.15. The molecule has 0 amide bonds. The van der Waals surface area contributed by atoms with E-state index in [2.05, 4.69) is 15.3 Å². The minimum atomic E-state index is -0.587. The van der Waals surface area contributed by atoms with E-state index in [1.165, 1.54) is 12.1 Å². The van der Waals surface area contributed by atoms with Crippen LogP contribution in [0.25, 0.3) is 0 Å². The maximum absolute atomic E-state index is 13.8. The number of nitrogens with one attached hydrogen (secondary N) is 1. The van der Waals surface area contributed by atoms with E-state index in [1.807, 2.05) is 6.07 Å². The summed E-state index contributed by atoms with van der Waals surface area (Å²) in [6.45, 7) is 1.89. The van der Waals surface area contributed by atoms with Crippen molar-refractivity contribution in [1.82, 2.24) is 15.3 Å². The van der Waals surface area contributed by atoms with Gasteiger partial charge in [-0.3, -0.25) is 0 Å². The van der Waals surface area contributed by atoms with E-state index >= 15 is 0 Å². The summed E-state index contributed by atoms with van der Waals surface area (Å²) in [5, 5.41) is 12.0. The first kappa shape index (κ1) is 16.1. The third-order valence-electron chi connectivity index (χ3n) is 3.67. The number of benzene rings is 1. The molecular weight excluding hydrogens is 311 g/mol. The summed E-state index contributed by atoms with van der Waals surface area (Å²) in [6, 6.07) is 7.62. The van der Waals surface area contributed by atoms with Gasteiger partial charge in [-0.2, -0.15) is 10.2 Å². The normalized spacial score (nSPS) is 14.8. The van der Waals surface area contributed by atoms with Crippen LogP contribution in [0, 0.1) is 17.1 Å². The van der Waals surface area contributed by atoms with Crippen LogP contribution in [-0.2, 0) is 6.61 Å². The highest BCUT2D eigenvalue weighted by Crippen LogP contribution is 2.19. The van der Waals surface area contributed by atoms with E-state index in [-0.39, 0.29) is 24.0 Å². The molecule has 0 saturated carbocycles. The van der Waals surface area contributed by atoms with Gasteiger partial charge in [0.1, 0.15) is 12.7 Å². The zero-order valence-electron chi connectivity index (χ0n) is 13.0. The summed E-state index contributed by atoms with van der Waals surface area (Å²) in [6.07, 6.45) is 3.61. The predicted octanol–water partition coefficient (Wildman–Crippen LogP) is 2.20. The lowest BCUT2D eigenvalue weighted by Crippen LogP contribution is -2.34. The molecule has 2 aromatic rings. The van der Waals surface area contributed by atoms with E-state index < -0.39 is 5.82 Å². The van der Waals surface area contributed by atoms with Crippen LogP contribution in [0.2, 0.25) is 0 Å². The summed E-state index contributed by atoms with van der Waals surface area (Å²) in [7, 11) is 0. The van der Waals surface area contributed by atoms with Crippen LogP contribution in [0.5, 0.6) is 11.6 Å².